The molecule has 0 bridgehead atoms. The van der Waals surface area contributed by atoms with Gasteiger partial charge in [-0.1, -0.05) is 30.3 Å². The molecule has 0 saturated heterocycles. The predicted molar refractivity (Wildman–Crippen MR) is 105 cm³/mol. The number of H-pyrrole nitrogens is 1. The van der Waals surface area contributed by atoms with E-state index in [2.05, 4.69) is 20.3 Å². The smallest absolute Gasteiger partial charge is 0.254 e. The van der Waals surface area contributed by atoms with Crippen molar-refractivity contribution in [3.05, 3.63) is 87.2 Å². The van der Waals surface area contributed by atoms with Crippen LogP contribution in [0.3, 0.4) is 0 Å². The third-order valence-electron chi connectivity index (χ3n) is 4.20. The molecule has 0 atom stereocenters. The van der Waals surface area contributed by atoms with Crippen LogP contribution in [0.4, 0.5) is 0 Å². The van der Waals surface area contributed by atoms with E-state index in [1.54, 1.807) is 32.2 Å². The number of nitrogens with zero attached hydrogens (tertiary/aromatic N) is 2. The van der Waals surface area contributed by atoms with Crippen LogP contribution in [-0.4, -0.2) is 20.9 Å². The minimum atomic E-state index is -0.277. The zero-order valence-electron chi connectivity index (χ0n) is 15.9. The zero-order valence-corrected chi connectivity index (χ0v) is 15.9. The number of pyridine rings is 1. The van der Waals surface area contributed by atoms with Crippen molar-refractivity contribution >= 4 is 5.91 Å². The van der Waals surface area contributed by atoms with Gasteiger partial charge in [-0.3, -0.25) is 9.59 Å². The summed E-state index contributed by atoms with van der Waals surface area (Å²) in [5.41, 5.74) is 2.58. The Balaban J connectivity index is 1.56. The lowest BCUT2D eigenvalue weighted by molar-refractivity contribution is -0.120. The normalized spacial score (nSPS) is 10.5. The quantitative estimate of drug-likeness (QED) is 0.657. The highest BCUT2D eigenvalue weighted by Crippen LogP contribution is 2.12. The third kappa shape index (κ3) is 5.26. The number of aromatic amines is 1. The molecule has 0 saturated carbocycles. The average molecular weight is 378 g/mol. The Bertz CT molecular complexity index is 1020. The van der Waals surface area contributed by atoms with Gasteiger partial charge in [0, 0.05) is 30.1 Å². The van der Waals surface area contributed by atoms with Gasteiger partial charge >= 0.3 is 0 Å². The molecule has 0 aliphatic rings. The van der Waals surface area contributed by atoms with Gasteiger partial charge in [-0.2, -0.15) is 0 Å². The molecule has 0 aliphatic heterocycles. The van der Waals surface area contributed by atoms with Gasteiger partial charge in [0.1, 0.15) is 12.4 Å². The summed E-state index contributed by atoms with van der Waals surface area (Å²) in [6.07, 6.45) is 1.62. The van der Waals surface area contributed by atoms with Crippen LogP contribution >= 0.6 is 0 Å². The lowest BCUT2D eigenvalue weighted by atomic mass is 10.1. The zero-order chi connectivity index (χ0) is 19.9. The van der Waals surface area contributed by atoms with Crippen LogP contribution in [0, 0.1) is 13.8 Å². The summed E-state index contributed by atoms with van der Waals surface area (Å²) in [7, 11) is 0. The van der Waals surface area contributed by atoms with Gasteiger partial charge in [-0.05, 0) is 31.0 Å². The third-order valence-corrected chi connectivity index (χ3v) is 4.20. The topological polar surface area (TPSA) is 97.0 Å². The molecule has 7 heteroatoms. The summed E-state index contributed by atoms with van der Waals surface area (Å²) in [6.45, 7) is 4.18. The Labute approximate surface area is 162 Å². The molecule has 3 aromatic rings. The van der Waals surface area contributed by atoms with E-state index in [-0.39, 0.29) is 17.9 Å². The van der Waals surface area contributed by atoms with Crippen molar-refractivity contribution in [2.24, 2.45) is 0 Å². The Kier molecular flexibility index (Phi) is 6.16. The van der Waals surface area contributed by atoms with Gasteiger partial charge in [-0.15, -0.1) is 0 Å². The van der Waals surface area contributed by atoms with Crippen molar-refractivity contribution in [3.8, 4) is 5.88 Å². The van der Waals surface area contributed by atoms with Crippen molar-refractivity contribution in [1.29, 1.82) is 0 Å². The summed E-state index contributed by atoms with van der Waals surface area (Å²) < 4.78 is 5.70. The Morgan fingerprint density at radius 3 is 2.68 bits per heavy atom. The van der Waals surface area contributed by atoms with E-state index in [0.29, 0.717) is 36.1 Å². The first-order chi connectivity index (χ1) is 13.5. The summed E-state index contributed by atoms with van der Waals surface area (Å²) in [5, 5.41) is 2.81. The summed E-state index contributed by atoms with van der Waals surface area (Å²) in [5.74, 6) is 0.778. The maximum Gasteiger partial charge on any atom is 0.254 e. The minimum absolute atomic E-state index is 0.0170. The summed E-state index contributed by atoms with van der Waals surface area (Å²) >= 11 is 0. The van der Waals surface area contributed by atoms with Gasteiger partial charge in [0.2, 0.25) is 11.8 Å². The monoisotopic (exact) mass is 378 g/mol. The van der Waals surface area contributed by atoms with E-state index >= 15 is 0 Å². The van der Waals surface area contributed by atoms with Gasteiger partial charge in [0.15, 0.2) is 0 Å². The molecule has 2 N–H and O–H groups in total. The lowest BCUT2D eigenvalue weighted by Gasteiger charge is -2.09. The van der Waals surface area contributed by atoms with Gasteiger partial charge in [-0.25, -0.2) is 9.97 Å². The van der Waals surface area contributed by atoms with Crippen molar-refractivity contribution in [3.63, 3.8) is 0 Å². The fraction of sp³-hybridized carbons (Fsp3) is 0.238. The number of rotatable bonds is 7. The van der Waals surface area contributed by atoms with E-state index in [4.69, 9.17) is 4.74 Å². The van der Waals surface area contributed by atoms with Crippen LogP contribution in [0.25, 0.3) is 0 Å². The summed E-state index contributed by atoms with van der Waals surface area (Å²) in [4.78, 5) is 35.3. The van der Waals surface area contributed by atoms with E-state index in [1.807, 2.05) is 30.3 Å². The second-order valence-electron chi connectivity index (χ2n) is 6.45. The van der Waals surface area contributed by atoms with Crippen molar-refractivity contribution in [2.75, 3.05) is 0 Å². The van der Waals surface area contributed by atoms with Gasteiger partial charge < -0.3 is 15.0 Å². The molecule has 0 fully saturated rings. The Morgan fingerprint density at radius 1 is 1.14 bits per heavy atom. The molecule has 0 aliphatic carbocycles. The first kappa shape index (κ1) is 19.3. The number of ether oxygens (including phenoxy) is 1. The van der Waals surface area contributed by atoms with Crippen molar-refractivity contribution in [1.82, 2.24) is 20.3 Å². The maximum absolute atomic E-state index is 12.2. The second-order valence-corrected chi connectivity index (χ2v) is 6.45. The number of aryl methyl sites for hydroxylation is 2. The molecule has 0 unspecified atom stereocenters. The standard InChI is InChI=1S/C21H22N4O3/c1-14-18(21(27)25-15(2)24-14)11-19(26)23-12-17-8-9-22-20(10-17)28-13-16-6-4-3-5-7-16/h3-10H,11-13H2,1-2H3,(H,23,26)(H,24,25,27). The Morgan fingerprint density at radius 2 is 1.93 bits per heavy atom. The number of nitrogens with one attached hydrogen (secondary N) is 2. The highest BCUT2D eigenvalue weighted by atomic mass is 16.5. The van der Waals surface area contributed by atoms with Crippen LogP contribution in [0.5, 0.6) is 5.88 Å². The molecular weight excluding hydrogens is 356 g/mol. The number of hydrogen-bond acceptors (Lipinski definition) is 5. The summed E-state index contributed by atoms with van der Waals surface area (Å²) in [6, 6.07) is 13.4. The van der Waals surface area contributed by atoms with E-state index in [0.717, 1.165) is 11.1 Å². The number of aromatic nitrogens is 3. The fourth-order valence-corrected chi connectivity index (χ4v) is 2.75. The highest BCUT2D eigenvalue weighted by molar-refractivity contribution is 5.78. The number of hydrogen-bond donors (Lipinski definition) is 2. The molecule has 0 radical (unpaired) electrons. The van der Waals surface area contributed by atoms with Crippen molar-refractivity contribution in [2.45, 2.75) is 33.4 Å². The molecule has 2 heterocycles. The maximum atomic E-state index is 12.2. The first-order valence-corrected chi connectivity index (χ1v) is 8.96. The SMILES string of the molecule is Cc1nc(C)c(CC(=O)NCc2ccnc(OCc3ccccc3)c2)c(=O)[nH]1. The van der Waals surface area contributed by atoms with Crippen molar-refractivity contribution < 1.29 is 9.53 Å². The minimum Gasteiger partial charge on any atom is -0.473 e. The molecule has 7 nitrogen and oxygen atoms in total. The number of carbonyl (C=O) groups excluding carboxylic acids is 1. The highest BCUT2D eigenvalue weighted by Gasteiger charge is 2.12. The molecule has 28 heavy (non-hydrogen) atoms. The number of benzene rings is 1. The van der Waals surface area contributed by atoms with Crippen LogP contribution in [0.2, 0.25) is 0 Å². The largest absolute Gasteiger partial charge is 0.473 e. The number of amides is 1. The molecule has 1 amide bonds. The average Bonchev–Trinajstić information content (AvgIpc) is 2.69. The molecule has 0 spiro atoms. The molecule has 3 rings (SSSR count). The predicted octanol–water partition coefficient (Wildman–Crippen LogP) is 2.22. The molecular formula is C21H22N4O3. The molecule has 144 valence electrons. The fourth-order valence-electron chi connectivity index (χ4n) is 2.75. The molecule has 1 aromatic carbocycles. The van der Waals surface area contributed by atoms with Crippen LogP contribution < -0.4 is 15.6 Å². The Hall–Kier alpha value is -3.48. The van der Waals surface area contributed by atoms with E-state index < -0.39 is 0 Å². The number of carbonyl (C=O) groups is 1. The van der Waals surface area contributed by atoms with E-state index in [9.17, 15) is 9.59 Å². The van der Waals surface area contributed by atoms with E-state index in [1.165, 1.54) is 0 Å². The second kappa shape index (κ2) is 8.94. The van der Waals surface area contributed by atoms with Gasteiger partial charge in [0.25, 0.3) is 5.56 Å². The van der Waals surface area contributed by atoms with Crippen LogP contribution in [0.15, 0.2) is 53.5 Å². The molecule has 2 aromatic heterocycles. The first-order valence-electron chi connectivity index (χ1n) is 8.96. The lowest BCUT2D eigenvalue weighted by Crippen LogP contribution is -2.29. The van der Waals surface area contributed by atoms with Crippen LogP contribution in [-0.2, 0) is 24.4 Å². The van der Waals surface area contributed by atoms with Crippen LogP contribution in [0.1, 0.15) is 28.2 Å². The van der Waals surface area contributed by atoms with Gasteiger partial charge in [0.05, 0.1) is 6.42 Å².